The lowest BCUT2D eigenvalue weighted by Crippen LogP contribution is -2.43. The van der Waals surface area contributed by atoms with Gasteiger partial charge in [0.05, 0.1) is 11.4 Å². The van der Waals surface area contributed by atoms with Crippen molar-refractivity contribution in [3.8, 4) is 22.3 Å². The van der Waals surface area contributed by atoms with Crippen LogP contribution >= 0.6 is 0 Å². The van der Waals surface area contributed by atoms with Gasteiger partial charge in [0.1, 0.15) is 0 Å². The number of nitrogens with zero attached hydrogens (tertiary/aromatic N) is 1. The molecular formula is C39H37N. The Balaban J connectivity index is 1.57. The second kappa shape index (κ2) is 8.45. The maximum atomic E-state index is 2.52. The van der Waals surface area contributed by atoms with Crippen LogP contribution < -0.4 is 4.90 Å². The molecule has 0 fully saturated rings. The second-order valence-electron chi connectivity index (χ2n) is 13.0. The van der Waals surface area contributed by atoms with Crippen molar-refractivity contribution in [2.75, 3.05) is 4.90 Å². The first-order valence-corrected chi connectivity index (χ1v) is 14.5. The topological polar surface area (TPSA) is 3.24 Å². The zero-order valence-electron chi connectivity index (χ0n) is 24.4. The van der Waals surface area contributed by atoms with E-state index < -0.39 is 0 Å². The predicted molar refractivity (Wildman–Crippen MR) is 170 cm³/mol. The molecule has 0 saturated carbocycles. The molecule has 7 rings (SSSR count). The molecule has 0 aromatic heterocycles. The first-order valence-electron chi connectivity index (χ1n) is 14.5. The summed E-state index contributed by atoms with van der Waals surface area (Å²) in [4.78, 5) is 2.52. The molecule has 0 N–H and O–H groups in total. The fourth-order valence-electron chi connectivity index (χ4n) is 7.44. The third kappa shape index (κ3) is 3.21. The lowest BCUT2D eigenvalue weighted by molar-refractivity contribution is 0.299. The molecule has 5 aromatic rings. The molecule has 0 radical (unpaired) electrons. The van der Waals surface area contributed by atoms with E-state index in [-0.39, 0.29) is 16.2 Å². The first kappa shape index (κ1) is 24.9. The Morgan fingerprint density at radius 1 is 0.425 bits per heavy atom. The minimum Gasteiger partial charge on any atom is -0.310 e. The highest BCUT2D eigenvalue weighted by Gasteiger charge is 2.47. The van der Waals surface area contributed by atoms with Crippen molar-refractivity contribution in [1.82, 2.24) is 0 Å². The van der Waals surface area contributed by atoms with Crippen LogP contribution in [0.15, 0.2) is 115 Å². The normalized spacial score (nSPS) is 16.9. The lowest BCUT2D eigenvalue weighted by atomic mass is 9.55. The van der Waals surface area contributed by atoms with Gasteiger partial charge in [-0.3, -0.25) is 0 Å². The minimum atomic E-state index is -0.121. The molecule has 0 amide bonds. The predicted octanol–water partition coefficient (Wildman–Crippen LogP) is 10.7. The van der Waals surface area contributed by atoms with Gasteiger partial charge in [0, 0.05) is 16.7 Å². The van der Waals surface area contributed by atoms with Crippen LogP contribution in [0.25, 0.3) is 22.3 Å². The molecule has 0 unspecified atom stereocenters. The molecule has 0 heterocycles. The van der Waals surface area contributed by atoms with E-state index in [0.717, 1.165) is 0 Å². The summed E-state index contributed by atoms with van der Waals surface area (Å²) in [5.41, 5.74) is 14.5. The van der Waals surface area contributed by atoms with Gasteiger partial charge in [-0.05, 0) is 74.0 Å². The number of fused-ring (bicyclic) bond motifs is 6. The largest absolute Gasteiger partial charge is 0.310 e. The van der Waals surface area contributed by atoms with Crippen molar-refractivity contribution in [2.45, 2.75) is 57.8 Å². The van der Waals surface area contributed by atoms with E-state index in [9.17, 15) is 0 Å². The molecule has 0 aliphatic heterocycles. The van der Waals surface area contributed by atoms with E-state index >= 15 is 0 Å². The maximum Gasteiger partial charge on any atom is 0.0543 e. The molecule has 0 saturated heterocycles. The van der Waals surface area contributed by atoms with Gasteiger partial charge in [0.25, 0.3) is 0 Å². The summed E-state index contributed by atoms with van der Waals surface area (Å²) in [5.74, 6) is 0. The van der Waals surface area contributed by atoms with Crippen LogP contribution in [-0.4, -0.2) is 0 Å². The van der Waals surface area contributed by atoms with Gasteiger partial charge in [0.15, 0.2) is 0 Å². The van der Waals surface area contributed by atoms with Crippen LogP contribution in [0.2, 0.25) is 0 Å². The summed E-state index contributed by atoms with van der Waals surface area (Å²) in [6.45, 7) is 14.4. The number of anilines is 3. The van der Waals surface area contributed by atoms with E-state index in [4.69, 9.17) is 0 Å². The zero-order valence-corrected chi connectivity index (χ0v) is 24.4. The molecule has 198 valence electrons. The molecular weight excluding hydrogens is 482 g/mol. The second-order valence-corrected chi connectivity index (χ2v) is 13.0. The monoisotopic (exact) mass is 519 g/mol. The lowest BCUT2D eigenvalue weighted by Gasteiger charge is -2.49. The fourth-order valence-corrected chi connectivity index (χ4v) is 7.44. The van der Waals surface area contributed by atoms with Crippen LogP contribution in [0, 0.1) is 0 Å². The van der Waals surface area contributed by atoms with Gasteiger partial charge >= 0.3 is 0 Å². The summed E-state index contributed by atoms with van der Waals surface area (Å²) in [6, 6.07) is 42.7. The number of hydrogen-bond acceptors (Lipinski definition) is 1. The van der Waals surface area contributed by atoms with Crippen LogP contribution in [0.1, 0.15) is 63.8 Å². The summed E-state index contributed by atoms with van der Waals surface area (Å²) < 4.78 is 0. The number of rotatable bonds is 3. The highest BCUT2D eigenvalue weighted by molar-refractivity contribution is 5.96. The zero-order chi connectivity index (χ0) is 27.9. The van der Waals surface area contributed by atoms with Crippen molar-refractivity contribution in [2.24, 2.45) is 0 Å². The number of benzene rings is 5. The van der Waals surface area contributed by atoms with Crippen molar-refractivity contribution >= 4 is 17.1 Å². The third-order valence-electron chi connectivity index (χ3n) is 10.2. The van der Waals surface area contributed by atoms with E-state index in [1.807, 2.05) is 0 Å². The average molecular weight is 520 g/mol. The average Bonchev–Trinajstić information content (AvgIpc) is 3.20. The summed E-state index contributed by atoms with van der Waals surface area (Å²) >= 11 is 0. The highest BCUT2D eigenvalue weighted by atomic mass is 15.1. The summed E-state index contributed by atoms with van der Waals surface area (Å²) in [5, 5.41) is 0. The Morgan fingerprint density at radius 2 is 0.950 bits per heavy atom. The molecule has 0 bridgehead atoms. The van der Waals surface area contributed by atoms with Crippen molar-refractivity contribution in [1.29, 1.82) is 0 Å². The first-order chi connectivity index (χ1) is 19.2. The van der Waals surface area contributed by atoms with Gasteiger partial charge in [-0.15, -0.1) is 0 Å². The highest BCUT2D eigenvalue weighted by Crippen LogP contribution is 2.59. The summed E-state index contributed by atoms with van der Waals surface area (Å²) in [7, 11) is 0. The Morgan fingerprint density at radius 3 is 1.70 bits per heavy atom. The van der Waals surface area contributed by atoms with Crippen molar-refractivity contribution in [3.63, 3.8) is 0 Å². The standard InChI is InChI=1S/C39H37N/c1-37(2)30-21-12-10-18-27(30)28-20-14-25-34(36(28)37)40(26-16-8-7-9-17-26)33-24-15-23-32-35(33)29-19-11-13-22-31(29)38(3,4)39(32,5)6/h7-25H,1-6H3. The third-order valence-corrected chi connectivity index (χ3v) is 10.2. The van der Waals surface area contributed by atoms with Crippen LogP contribution in [-0.2, 0) is 16.2 Å². The van der Waals surface area contributed by atoms with Crippen molar-refractivity contribution < 1.29 is 0 Å². The molecule has 0 spiro atoms. The quantitative estimate of drug-likeness (QED) is 0.229. The van der Waals surface area contributed by atoms with Gasteiger partial charge in [-0.25, -0.2) is 0 Å². The van der Waals surface area contributed by atoms with Crippen LogP contribution in [0.3, 0.4) is 0 Å². The van der Waals surface area contributed by atoms with Gasteiger partial charge in [-0.1, -0.05) is 133 Å². The molecule has 1 nitrogen and oxygen atoms in total. The smallest absolute Gasteiger partial charge is 0.0543 e. The number of para-hydroxylation sites is 1. The Bertz CT molecular complexity index is 1770. The molecule has 2 aliphatic rings. The Hall–Kier alpha value is -4.10. The molecule has 40 heavy (non-hydrogen) atoms. The van der Waals surface area contributed by atoms with Crippen LogP contribution in [0.5, 0.6) is 0 Å². The molecule has 0 atom stereocenters. The number of hydrogen-bond donors (Lipinski definition) is 0. The van der Waals surface area contributed by atoms with E-state index in [2.05, 4.69) is 162 Å². The van der Waals surface area contributed by atoms with Crippen molar-refractivity contribution in [3.05, 3.63) is 138 Å². The summed E-state index contributed by atoms with van der Waals surface area (Å²) in [6.07, 6.45) is 0. The van der Waals surface area contributed by atoms with E-state index in [1.165, 1.54) is 61.6 Å². The molecule has 2 aliphatic carbocycles. The van der Waals surface area contributed by atoms with E-state index in [0.29, 0.717) is 0 Å². The minimum absolute atomic E-state index is 0.00950. The fraction of sp³-hybridized carbons (Fsp3) is 0.231. The van der Waals surface area contributed by atoms with Crippen LogP contribution in [0.4, 0.5) is 17.1 Å². The van der Waals surface area contributed by atoms with Gasteiger partial charge in [0.2, 0.25) is 0 Å². The maximum absolute atomic E-state index is 2.52. The molecule has 1 heteroatoms. The Kier molecular flexibility index (Phi) is 5.26. The van der Waals surface area contributed by atoms with E-state index in [1.54, 1.807) is 0 Å². The molecule has 5 aromatic carbocycles. The Labute approximate surface area is 239 Å². The SMILES string of the molecule is CC1(C)c2ccccc2-c2cccc(N(c3ccccc3)c3cccc4c3-c3ccccc3C(C)(C)C4(C)C)c21. The van der Waals surface area contributed by atoms with Gasteiger partial charge in [-0.2, -0.15) is 0 Å². The van der Waals surface area contributed by atoms with Gasteiger partial charge < -0.3 is 4.90 Å².